The van der Waals surface area contributed by atoms with E-state index < -0.39 is 0 Å². The van der Waals surface area contributed by atoms with E-state index >= 15 is 0 Å². The number of aromatic nitrogens is 2. The van der Waals surface area contributed by atoms with Crippen molar-refractivity contribution in [3.05, 3.63) is 51.4 Å². The molecule has 1 aromatic carbocycles. The smallest absolute Gasteiger partial charge is 0.266 e. The lowest BCUT2D eigenvalue weighted by Gasteiger charge is -2.08. The Bertz CT molecular complexity index is 1070. The summed E-state index contributed by atoms with van der Waals surface area (Å²) < 4.78 is 1.39. The molecule has 0 unspecified atom stereocenters. The zero-order valence-corrected chi connectivity index (χ0v) is 15.4. The van der Waals surface area contributed by atoms with Crippen LogP contribution in [0, 0.1) is 6.92 Å². The summed E-state index contributed by atoms with van der Waals surface area (Å²) in [7, 11) is 1.63. The molecule has 2 N–H and O–H groups in total. The van der Waals surface area contributed by atoms with Gasteiger partial charge in [-0.25, -0.2) is 4.98 Å². The number of thiophene rings is 1. The van der Waals surface area contributed by atoms with Gasteiger partial charge in [-0.2, -0.15) is 0 Å². The van der Waals surface area contributed by atoms with Gasteiger partial charge in [-0.1, -0.05) is 13.0 Å². The number of fused-ring (bicyclic) bond motifs is 1. The van der Waals surface area contributed by atoms with Gasteiger partial charge < -0.3 is 15.2 Å². The Morgan fingerprint density at radius 2 is 1.92 bits per heavy atom. The molecule has 0 spiro atoms. The normalized spacial score (nSPS) is 10.7. The standard InChI is InChI=1S/C18H18N4O3S/c1-4-13(23)20-11-6-5-7-12(8-11)21-16(24)15-10(2)14-17(26-15)19-9-22(3)18(14)25/h5-9H,4H2,1-3H3,(H,20,23)(H,21,24). The number of hydrogen-bond acceptors (Lipinski definition) is 5. The van der Waals surface area contributed by atoms with E-state index in [0.717, 1.165) is 0 Å². The summed E-state index contributed by atoms with van der Waals surface area (Å²) in [5.74, 6) is -0.415. The summed E-state index contributed by atoms with van der Waals surface area (Å²) >= 11 is 1.19. The second-order valence-corrected chi connectivity index (χ2v) is 6.83. The Hall–Kier alpha value is -3.00. The highest BCUT2D eigenvalue weighted by molar-refractivity contribution is 7.20. The van der Waals surface area contributed by atoms with Gasteiger partial charge in [0.25, 0.3) is 11.5 Å². The van der Waals surface area contributed by atoms with Crippen molar-refractivity contribution >= 4 is 44.7 Å². The quantitative estimate of drug-likeness (QED) is 0.738. The lowest BCUT2D eigenvalue weighted by Crippen LogP contribution is -2.17. The number of carbonyl (C=O) groups excluding carboxylic acids is 2. The van der Waals surface area contributed by atoms with Gasteiger partial charge in [0.05, 0.1) is 16.6 Å². The molecule has 2 amide bonds. The summed E-state index contributed by atoms with van der Waals surface area (Å²) in [5.41, 5.74) is 1.61. The van der Waals surface area contributed by atoms with Gasteiger partial charge in [0.15, 0.2) is 0 Å². The van der Waals surface area contributed by atoms with Crippen LogP contribution in [0.15, 0.2) is 35.4 Å². The summed E-state index contributed by atoms with van der Waals surface area (Å²) in [6, 6.07) is 6.92. The van der Waals surface area contributed by atoms with E-state index in [4.69, 9.17) is 0 Å². The maximum absolute atomic E-state index is 12.7. The molecular formula is C18H18N4O3S. The highest BCUT2D eigenvalue weighted by Gasteiger charge is 2.19. The van der Waals surface area contributed by atoms with E-state index in [1.807, 2.05) is 0 Å². The zero-order valence-electron chi connectivity index (χ0n) is 14.6. The van der Waals surface area contributed by atoms with E-state index in [1.165, 1.54) is 22.2 Å². The van der Waals surface area contributed by atoms with Crippen LogP contribution in [0.5, 0.6) is 0 Å². The topological polar surface area (TPSA) is 93.1 Å². The van der Waals surface area contributed by atoms with Crippen molar-refractivity contribution < 1.29 is 9.59 Å². The van der Waals surface area contributed by atoms with E-state index in [9.17, 15) is 14.4 Å². The third kappa shape index (κ3) is 3.36. The summed E-state index contributed by atoms with van der Waals surface area (Å²) in [4.78, 5) is 41.7. The molecule has 3 aromatic rings. The molecule has 3 rings (SSSR count). The Kier molecular flexibility index (Phi) is 4.85. The van der Waals surface area contributed by atoms with Gasteiger partial charge in [-0.15, -0.1) is 11.3 Å². The number of aryl methyl sites for hydroxylation is 2. The number of rotatable bonds is 4. The van der Waals surface area contributed by atoms with Gasteiger partial charge in [0.1, 0.15) is 4.83 Å². The third-order valence-electron chi connectivity index (χ3n) is 3.94. The first-order chi connectivity index (χ1) is 12.4. The molecule has 0 radical (unpaired) electrons. The molecule has 0 fully saturated rings. The minimum atomic E-state index is -0.313. The number of nitrogens with zero attached hydrogens (tertiary/aromatic N) is 2. The Morgan fingerprint density at radius 3 is 2.62 bits per heavy atom. The minimum Gasteiger partial charge on any atom is -0.326 e. The summed E-state index contributed by atoms with van der Waals surface area (Å²) in [6.07, 6.45) is 1.82. The number of nitrogens with one attached hydrogen (secondary N) is 2. The van der Waals surface area contributed by atoms with Gasteiger partial charge in [0, 0.05) is 24.8 Å². The molecule has 0 bridgehead atoms. The highest BCUT2D eigenvalue weighted by Crippen LogP contribution is 2.27. The van der Waals surface area contributed by atoms with E-state index in [2.05, 4.69) is 15.6 Å². The molecule has 2 heterocycles. The maximum Gasteiger partial charge on any atom is 0.266 e. The monoisotopic (exact) mass is 370 g/mol. The van der Waals surface area contributed by atoms with Crippen molar-refractivity contribution in [2.75, 3.05) is 10.6 Å². The minimum absolute atomic E-state index is 0.101. The first-order valence-electron chi connectivity index (χ1n) is 8.06. The van der Waals surface area contributed by atoms with Crippen LogP contribution in [0.4, 0.5) is 11.4 Å². The highest BCUT2D eigenvalue weighted by atomic mass is 32.1. The number of carbonyl (C=O) groups is 2. The number of amides is 2. The predicted molar refractivity (Wildman–Crippen MR) is 103 cm³/mol. The third-order valence-corrected chi connectivity index (χ3v) is 5.14. The first-order valence-corrected chi connectivity index (χ1v) is 8.88. The molecule has 2 aromatic heterocycles. The molecule has 7 nitrogen and oxygen atoms in total. The number of hydrogen-bond donors (Lipinski definition) is 2. The molecular weight excluding hydrogens is 352 g/mol. The van der Waals surface area contributed by atoms with Crippen LogP contribution in [-0.4, -0.2) is 21.4 Å². The maximum atomic E-state index is 12.7. The molecule has 8 heteroatoms. The fourth-order valence-electron chi connectivity index (χ4n) is 2.54. The lowest BCUT2D eigenvalue weighted by atomic mass is 10.2. The molecule has 0 atom stereocenters. The first kappa shape index (κ1) is 17.8. The Morgan fingerprint density at radius 1 is 1.23 bits per heavy atom. The fourth-order valence-corrected chi connectivity index (χ4v) is 3.57. The molecule has 0 aliphatic rings. The van der Waals surface area contributed by atoms with Crippen LogP contribution >= 0.6 is 11.3 Å². The Labute approximate surface area is 153 Å². The van der Waals surface area contributed by atoms with Gasteiger partial charge >= 0.3 is 0 Å². The molecule has 0 aliphatic carbocycles. The van der Waals surface area contributed by atoms with E-state index in [-0.39, 0.29) is 17.4 Å². The number of anilines is 2. The second kappa shape index (κ2) is 7.09. The van der Waals surface area contributed by atoms with Gasteiger partial charge in [0.2, 0.25) is 5.91 Å². The van der Waals surface area contributed by atoms with Crippen molar-refractivity contribution in [3.63, 3.8) is 0 Å². The van der Waals surface area contributed by atoms with Crippen molar-refractivity contribution in [1.82, 2.24) is 9.55 Å². The summed E-state index contributed by atoms with van der Waals surface area (Å²) in [6.45, 7) is 3.51. The second-order valence-electron chi connectivity index (χ2n) is 5.83. The van der Waals surface area contributed by atoms with Gasteiger partial charge in [-0.3, -0.25) is 14.4 Å². The fraction of sp³-hybridized carbons (Fsp3) is 0.222. The molecule has 26 heavy (non-hydrogen) atoms. The van der Waals surface area contributed by atoms with Crippen molar-refractivity contribution in [3.8, 4) is 0 Å². The molecule has 134 valence electrons. The summed E-state index contributed by atoms with van der Waals surface area (Å²) in [5, 5.41) is 6.03. The van der Waals surface area contributed by atoms with Gasteiger partial charge in [-0.05, 0) is 30.7 Å². The molecule has 0 aliphatic heterocycles. The largest absolute Gasteiger partial charge is 0.326 e. The molecule has 0 saturated heterocycles. The van der Waals surface area contributed by atoms with Crippen molar-refractivity contribution in [2.45, 2.75) is 20.3 Å². The van der Waals surface area contributed by atoms with Crippen LogP contribution in [0.25, 0.3) is 10.2 Å². The van der Waals surface area contributed by atoms with E-state index in [1.54, 1.807) is 45.2 Å². The van der Waals surface area contributed by atoms with Crippen LogP contribution < -0.4 is 16.2 Å². The SMILES string of the molecule is CCC(=O)Nc1cccc(NC(=O)c2sc3ncn(C)c(=O)c3c2C)c1. The van der Waals surface area contributed by atoms with Crippen LogP contribution in [0.2, 0.25) is 0 Å². The van der Waals surface area contributed by atoms with Crippen LogP contribution in [-0.2, 0) is 11.8 Å². The van der Waals surface area contributed by atoms with Crippen molar-refractivity contribution in [2.24, 2.45) is 7.05 Å². The number of benzene rings is 1. The van der Waals surface area contributed by atoms with Crippen LogP contribution in [0.1, 0.15) is 28.6 Å². The predicted octanol–water partition coefficient (Wildman–Crippen LogP) is 2.90. The average Bonchev–Trinajstić information content (AvgIpc) is 2.96. The van der Waals surface area contributed by atoms with E-state index in [0.29, 0.717) is 38.5 Å². The van der Waals surface area contributed by atoms with Crippen molar-refractivity contribution in [1.29, 1.82) is 0 Å². The lowest BCUT2D eigenvalue weighted by molar-refractivity contribution is -0.115. The Balaban J connectivity index is 1.89. The molecule has 0 saturated carbocycles. The zero-order chi connectivity index (χ0) is 18.8. The van der Waals surface area contributed by atoms with Crippen LogP contribution in [0.3, 0.4) is 0 Å². The average molecular weight is 370 g/mol.